The summed E-state index contributed by atoms with van der Waals surface area (Å²) >= 11 is 0. The Hall–Kier alpha value is -3.59. The Labute approximate surface area is 152 Å². The van der Waals surface area contributed by atoms with Crippen molar-refractivity contribution in [3.8, 4) is 34.2 Å². The molecule has 2 heterocycles. The molecule has 26 heavy (non-hydrogen) atoms. The number of nitriles is 1. The number of aromatic nitrogens is 2. The van der Waals surface area contributed by atoms with E-state index in [1.165, 1.54) is 0 Å². The number of rotatable bonds is 3. The predicted octanol–water partition coefficient (Wildman–Crippen LogP) is 3.34. The van der Waals surface area contributed by atoms with Crippen LogP contribution < -0.4 is 10.6 Å². The number of nitrogen functional groups attached to an aromatic ring is 1. The predicted molar refractivity (Wildman–Crippen MR) is 103 cm³/mol. The van der Waals surface area contributed by atoms with Crippen LogP contribution in [0.25, 0.3) is 22.4 Å². The van der Waals surface area contributed by atoms with Crippen molar-refractivity contribution in [3.05, 3.63) is 53.7 Å². The molecular formula is C20H19N5O. The van der Waals surface area contributed by atoms with E-state index in [2.05, 4.69) is 16.0 Å². The fourth-order valence-electron chi connectivity index (χ4n) is 2.79. The van der Waals surface area contributed by atoms with Gasteiger partial charge in [0.2, 0.25) is 0 Å². The van der Waals surface area contributed by atoms with Crippen molar-refractivity contribution < 1.29 is 5.11 Å². The smallest absolute Gasteiger partial charge is 0.142 e. The summed E-state index contributed by atoms with van der Waals surface area (Å²) < 4.78 is 0. The quantitative estimate of drug-likeness (QED) is 0.755. The van der Waals surface area contributed by atoms with Gasteiger partial charge in [0.1, 0.15) is 29.0 Å². The van der Waals surface area contributed by atoms with Gasteiger partial charge in [-0.05, 0) is 48.9 Å². The number of nitrogens with zero attached hydrogens (tertiary/aromatic N) is 4. The molecule has 0 spiro atoms. The number of benzene rings is 1. The summed E-state index contributed by atoms with van der Waals surface area (Å²) in [5.41, 5.74) is 10.2. The molecule has 3 N–H and O–H groups in total. The Bertz CT molecular complexity index is 1000. The van der Waals surface area contributed by atoms with Gasteiger partial charge in [-0.25, -0.2) is 9.97 Å². The van der Waals surface area contributed by atoms with Crippen LogP contribution in [0.4, 0.5) is 11.6 Å². The minimum absolute atomic E-state index is 0.171. The molecule has 0 saturated heterocycles. The molecule has 1 aromatic carbocycles. The zero-order valence-electron chi connectivity index (χ0n) is 14.9. The minimum atomic E-state index is 0.171. The van der Waals surface area contributed by atoms with Crippen molar-refractivity contribution in [2.45, 2.75) is 6.92 Å². The third-order valence-electron chi connectivity index (χ3n) is 4.16. The van der Waals surface area contributed by atoms with Crippen molar-refractivity contribution >= 4 is 11.6 Å². The van der Waals surface area contributed by atoms with Gasteiger partial charge in [-0.2, -0.15) is 5.26 Å². The highest BCUT2D eigenvalue weighted by Crippen LogP contribution is 2.33. The zero-order valence-corrected chi connectivity index (χ0v) is 14.9. The molecule has 0 saturated carbocycles. The number of nitrogens with two attached hydrogens (primary N) is 1. The van der Waals surface area contributed by atoms with E-state index < -0.39 is 0 Å². The van der Waals surface area contributed by atoms with Gasteiger partial charge < -0.3 is 15.7 Å². The largest absolute Gasteiger partial charge is 0.508 e. The maximum atomic E-state index is 9.62. The number of pyridine rings is 2. The van der Waals surface area contributed by atoms with Gasteiger partial charge in [0.25, 0.3) is 0 Å². The second-order valence-electron chi connectivity index (χ2n) is 6.23. The highest BCUT2D eigenvalue weighted by molar-refractivity contribution is 5.81. The van der Waals surface area contributed by atoms with Gasteiger partial charge in [0.15, 0.2) is 0 Å². The molecule has 2 aromatic heterocycles. The third kappa shape index (κ3) is 3.15. The van der Waals surface area contributed by atoms with E-state index >= 15 is 0 Å². The molecule has 0 fully saturated rings. The van der Waals surface area contributed by atoms with Gasteiger partial charge in [0.05, 0.1) is 5.69 Å². The number of hydrogen-bond donors (Lipinski definition) is 2. The van der Waals surface area contributed by atoms with E-state index in [1.807, 2.05) is 44.1 Å². The van der Waals surface area contributed by atoms with Gasteiger partial charge in [-0.15, -0.1) is 0 Å². The fraction of sp³-hybridized carbons (Fsp3) is 0.150. The van der Waals surface area contributed by atoms with Crippen molar-refractivity contribution in [3.63, 3.8) is 0 Å². The monoisotopic (exact) mass is 345 g/mol. The molecule has 0 bridgehead atoms. The standard InChI is InChI=1S/C20H19N5O/c1-12-8-14(26)5-6-15(12)18-9-16(17(10-21)20(22)24-18)13-4-7-19(23-11-13)25(2)3/h4-9,11,26H,1-3H3,(H2,22,24). The number of anilines is 2. The number of phenols is 1. The molecule has 0 atom stereocenters. The van der Waals surface area contributed by atoms with E-state index in [-0.39, 0.29) is 11.6 Å². The summed E-state index contributed by atoms with van der Waals surface area (Å²) in [4.78, 5) is 10.7. The van der Waals surface area contributed by atoms with Crippen molar-refractivity contribution in [1.29, 1.82) is 5.26 Å². The Morgan fingerprint density at radius 3 is 2.46 bits per heavy atom. The molecule has 0 aliphatic heterocycles. The molecule has 130 valence electrons. The maximum absolute atomic E-state index is 9.62. The van der Waals surface area contributed by atoms with Gasteiger partial charge in [-0.1, -0.05) is 0 Å². The molecule has 3 aromatic rings. The third-order valence-corrected chi connectivity index (χ3v) is 4.16. The lowest BCUT2D eigenvalue weighted by Gasteiger charge is -2.14. The van der Waals surface area contributed by atoms with E-state index in [0.29, 0.717) is 16.8 Å². The highest BCUT2D eigenvalue weighted by Gasteiger charge is 2.15. The molecule has 0 aliphatic rings. The lowest BCUT2D eigenvalue weighted by atomic mass is 9.98. The van der Waals surface area contributed by atoms with E-state index in [1.54, 1.807) is 24.4 Å². The van der Waals surface area contributed by atoms with Crippen LogP contribution in [0, 0.1) is 18.3 Å². The molecule has 6 nitrogen and oxygen atoms in total. The summed E-state index contributed by atoms with van der Waals surface area (Å²) in [6, 6.07) is 12.8. The average Bonchev–Trinajstić information content (AvgIpc) is 2.61. The molecule has 0 unspecified atom stereocenters. The maximum Gasteiger partial charge on any atom is 0.142 e. The topological polar surface area (TPSA) is 99.1 Å². The summed E-state index contributed by atoms with van der Waals surface area (Å²) in [7, 11) is 3.83. The first kappa shape index (κ1) is 17.2. The van der Waals surface area contributed by atoms with Crippen LogP contribution in [0.5, 0.6) is 5.75 Å². The molecule has 0 aliphatic carbocycles. The SMILES string of the molecule is Cc1cc(O)ccc1-c1cc(-c2ccc(N(C)C)nc2)c(C#N)c(N)n1. The Kier molecular flexibility index (Phi) is 4.46. The molecule has 3 rings (SSSR count). The Morgan fingerprint density at radius 2 is 1.88 bits per heavy atom. The second kappa shape index (κ2) is 6.73. The number of phenolic OH excluding ortho intramolecular Hbond substituents is 1. The first-order chi connectivity index (χ1) is 12.4. The number of aryl methyl sites for hydroxylation is 1. The summed E-state index contributed by atoms with van der Waals surface area (Å²) in [5.74, 6) is 1.18. The first-order valence-electron chi connectivity index (χ1n) is 8.05. The molecule has 6 heteroatoms. The number of aromatic hydroxyl groups is 1. The van der Waals surface area contributed by atoms with Crippen molar-refractivity contribution in [2.24, 2.45) is 0 Å². The fourth-order valence-corrected chi connectivity index (χ4v) is 2.79. The summed E-state index contributed by atoms with van der Waals surface area (Å²) in [6.07, 6.45) is 1.72. The van der Waals surface area contributed by atoms with Gasteiger partial charge in [0, 0.05) is 37.0 Å². The Balaban J connectivity index is 2.18. The average molecular weight is 345 g/mol. The van der Waals surface area contributed by atoms with Crippen molar-refractivity contribution in [1.82, 2.24) is 9.97 Å². The van der Waals surface area contributed by atoms with E-state index in [0.717, 1.165) is 22.5 Å². The van der Waals surface area contributed by atoms with Crippen LogP contribution >= 0.6 is 0 Å². The molecule has 0 amide bonds. The highest BCUT2D eigenvalue weighted by atomic mass is 16.3. The number of hydrogen-bond acceptors (Lipinski definition) is 6. The Morgan fingerprint density at radius 1 is 1.12 bits per heavy atom. The summed E-state index contributed by atoms with van der Waals surface area (Å²) in [6.45, 7) is 1.89. The van der Waals surface area contributed by atoms with Crippen LogP contribution in [0.3, 0.4) is 0 Å². The second-order valence-corrected chi connectivity index (χ2v) is 6.23. The van der Waals surface area contributed by atoms with Crippen LogP contribution in [0.15, 0.2) is 42.6 Å². The summed E-state index contributed by atoms with van der Waals surface area (Å²) in [5, 5.41) is 19.1. The van der Waals surface area contributed by atoms with Gasteiger partial charge in [-0.3, -0.25) is 0 Å². The van der Waals surface area contributed by atoms with Crippen molar-refractivity contribution in [2.75, 3.05) is 24.7 Å². The van der Waals surface area contributed by atoms with E-state index in [4.69, 9.17) is 5.73 Å². The van der Waals surface area contributed by atoms with Crippen LogP contribution in [-0.2, 0) is 0 Å². The molecular weight excluding hydrogens is 326 g/mol. The van der Waals surface area contributed by atoms with E-state index in [9.17, 15) is 10.4 Å². The van der Waals surface area contributed by atoms with Gasteiger partial charge >= 0.3 is 0 Å². The minimum Gasteiger partial charge on any atom is -0.508 e. The molecule has 0 radical (unpaired) electrons. The van der Waals surface area contributed by atoms with Crippen LogP contribution in [0.2, 0.25) is 0 Å². The van der Waals surface area contributed by atoms with Crippen LogP contribution in [-0.4, -0.2) is 29.2 Å². The van der Waals surface area contributed by atoms with Crippen LogP contribution in [0.1, 0.15) is 11.1 Å². The lowest BCUT2D eigenvalue weighted by molar-refractivity contribution is 0.475. The lowest BCUT2D eigenvalue weighted by Crippen LogP contribution is -2.10. The first-order valence-corrected chi connectivity index (χ1v) is 8.05. The normalized spacial score (nSPS) is 10.4. The zero-order chi connectivity index (χ0) is 18.8.